The zero-order valence-corrected chi connectivity index (χ0v) is 14.0. The molecule has 0 spiro atoms. The number of aryl methyl sites for hydroxylation is 1. The Morgan fingerprint density at radius 3 is 2.44 bits per heavy atom. The minimum atomic E-state index is -0.882. The topological polar surface area (TPSA) is 49.4 Å². The smallest absolute Gasteiger partial charge is 0.240 e. The summed E-state index contributed by atoms with van der Waals surface area (Å²) in [4.78, 5) is 24.7. The number of nitrogens with one attached hydrogen (secondary N) is 1. The van der Waals surface area contributed by atoms with Crippen LogP contribution in [0.5, 0.6) is 0 Å². The zero-order valence-electron chi connectivity index (χ0n) is 14.0. The van der Waals surface area contributed by atoms with E-state index in [-0.39, 0.29) is 12.2 Å². The maximum Gasteiger partial charge on any atom is 0.240 e. The van der Waals surface area contributed by atoms with Gasteiger partial charge in [0.05, 0.1) is 5.69 Å². The van der Waals surface area contributed by atoms with E-state index < -0.39 is 23.4 Å². The summed E-state index contributed by atoms with van der Waals surface area (Å²) in [5, 5.41) is 2.71. The molecule has 0 heterocycles. The van der Waals surface area contributed by atoms with E-state index in [4.69, 9.17) is 0 Å². The summed E-state index contributed by atoms with van der Waals surface area (Å²) in [5.74, 6) is -2.51. The molecule has 2 aromatic carbocycles. The molecule has 1 N–H and O–H groups in total. The maximum atomic E-state index is 13.8. The van der Waals surface area contributed by atoms with E-state index in [9.17, 15) is 18.4 Å². The molecule has 0 aliphatic carbocycles. The van der Waals surface area contributed by atoms with Gasteiger partial charge in [-0.05, 0) is 30.5 Å². The summed E-state index contributed by atoms with van der Waals surface area (Å²) < 4.78 is 26.8. The summed E-state index contributed by atoms with van der Waals surface area (Å²) >= 11 is 0. The third kappa shape index (κ3) is 5.67. The number of hydrogen-bond acceptors (Lipinski definition) is 2. The van der Waals surface area contributed by atoms with Gasteiger partial charge in [-0.15, -0.1) is 0 Å². The summed E-state index contributed by atoms with van der Waals surface area (Å²) in [5.41, 5.74) is 1.06. The lowest BCUT2D eigenvalue weighted by atomic mass is 10.1. The van der Waals surface area contributed by atoms with Crippen molar-refractivity contribution in [2.45, 2.75) is 19.8 Å². The first-order chi connectivity index (χ1) is 12.0. The molecule has 0 saturated heterocycles. The van der Waals surface area contributed by atoms with Crippen LogP contribution in [0.4, 0.5) is 14.5 Å². The lowest BCUT2D eigenvalue weighted by Gasteiger charge is -2.21. The van der Waals surface area contributed by atoms with Gasteiger partial charge < -0.3 is 10.2 Å². The van der Waals surface area contributed by atoms with Crippen LogP contribution in [0.3, 0.4) is 0 Å². The summed E-state index contributed by atoms with van der Waals surface area (Å²) in [6, 6.07) is 12.7. The van der Waals surface area contributed by atoms with Crippen molar-refractivity contribution in [3.8, 4) is 0 Å². The van der Waals surface area contributed by atoms with Crippen LogP contribution in [0.25, 0.3) is 0 Å². The quantitative estimate of drug-likeness (QED) is 0.784. The van der Waals surface area contributed by atoms with Crippen LogP contribution in [-0.2, 0) is 16.0 Å². The SMILES string of the molecule is CC(=O)N(CC(=O)NCCCc1ccccc1)c1ccc(F)cc1F. The highest BCUT2D eigenvalue weighted by Crippen LogP contribution is 2.20. The second-order valence-electron chi connectivity index (χ2n) is 5.64. The lowest BCUT2D eigenvalue weighted by molar-refractivity contribution is -0.123. The standard InChI is InChI=1S/C19H20F2N2O2/c1-14(24)23(18-10-9-16(20)12-17(18)21)13-19(25)22-11-5-8-15-6-3-2-4-7-15/h2-4,6-7,9-10,12H,5,8,11,13H2,1H3,(H,22,25). The van der Waals surface area contributed by atoms with Crippen LogP contribution < -0.4 is 10.2 Å². The summed E-state index contributed by atoms with van der Waals surface area (Å²) in [6.07, 6.45) is 1.57. The minimum absolute atomic E-state index is 0.117. The van der Waals surface area contributed by atoms with Gasteiger partial charge in [-0.1, -0.05) is 30.3 Å². The van der Waals surface area contributed by atoms with Crippen molar-refractivity contribution >= 4 is 17.5 Å². The Morgan fingerprint density at radius 1 is 1.08 bits per heavy atom. The third-order valence-corrected chi connectivity index (χ3v) is 3.69. The van der Waals surface area contributed by atoms with Gasteiger partial charge in [0.25, 0.3) is 0 Å². The maximum absolute atomic E-state index is 13.8. The molecule has 2 rings (SSSR count). The molecule has 0 bridgehead atoms. The first-order valence-electron chi connectivity index (χ1n) is 8.01. The Morgan fingerprint density at radius 2 is 1.80 bits per heavy atom. The zero-order chi connectivity index (χ0) is 18.2. The van der Waals surface area contributed by atoms with Crippen LogP contribution in [-0.4, -0.2) is 24.9 Å². The predicted octanol–water partition coefficient (Wildman–Crippen LogP) is 3.07. The fourth-order valence-electron chi connectivity index (χ4n) is 2.43. The Balaban J connectivity index is 1.87. The van der Waals surface area contributed by atoms with Crippen LogP contribution in [0.15, 0.2) is 48.5 Å². The van der Waals surface area contributed by atoms with Crippen LogP contribution in [0, 0.1) is 11.6 Å². The lowest BCUT2D eigenvalue weighted by Crippen LogP contribution is -2.40. The molecule has 2 aromatic rings. The van der Waals surface area contributed by atoms with Gasteiger partial charge in [0, 0.05) is 19.5 Å². The monoisotopic (exact) mass is 346 g/mol. The van der Waals surface area contributed by atoms with Gasteiger partial charge in [0.2, 0.25) is 11.8 Å². The molecule has 0 radical (unpaired) electrons. The van der Waals surface area contributed by atoms with Crippen molar-refractivity contribution in [3.63, 3.8) is 0 Å². The molecule has 0 atom stereocenters. The van der Waals surface area contributed by atoms with Crippen molar-refractivity contribution in [1.82, 2.24) is 5.32 Å². The second kappa shape index (κ2) is 8.92. The molecule has 0 saturated carbocycles. The highest BCUT2D eigenvalue weighted by Gasteiger charge is 2.19. The Labute approximate surface area is 145 Å². The Bertz CT molecular complexity index is 735. The van der Waals surface area contributed by atoms with Crippen molar-refractivity contribution in [3.05, 3.63) is 65.7 Å². The van der Waals surface area contributed by atoms with Crippen LogP contribution >= 0.6 is 0 Å². The Kier molecular flexibility index (Phi) is 6.62. The molecule has 2 amide bonds. The van der Waals surface area contributed by atoms with Gasteiger partial charge >= 0.3 is 0 Å². The summed E-state index contributed by atoms with van der Waals surface area (Å²) in [7, 11) is 0. The van der Waals surface area contributed by atoms with Crippen LogP contribution in [0.1, 0.15) is 18.9 Å². The molecule has 0 aliphatic heterocycles. The van der Waals surface area contributed by atoms with Crippen molar-refractivity contribution < 1.29 is 18.4 Å². The van der Waals surface area contributed by atoms with E-state index in [2.05, 4.69) is 5.32 Å². The molecular weight excluding hydrogens is 326 g/mol. The van der Waals surface area contributed by atoms with Gasteiger partial charge in [-0.25, -0.2) is 8.78 Å². The van der Waals surface area contributed by atoms with E-state index in [1.54, 1.807) is 0 Å². The van der Waals surface area contributed by atoms with E-state index >= 15 is 0 Å². The molecular formula is C19H20F2N2O2. The molecule has 6 heteroatoms. The first kappa shape index (κ1) is 18.6. The number of rotatable bonds is 7. The third-order valence-electron chi connectivity index (χ3n) is 3.69. The molecule has 0 aromatic heterocycles. The van der Waals surface area contributed by atoms with Crippen LogP contribution in [0.2, 0.25) is 0 Å². The number of halogens is 2. The number of benzene rings is 2. The fourth-order valence-corrected chi connectivity index (χ4v) is 2.43. The second-order valence-corrected chi connectivity index (χ2v) is 5.64. The van der Waals surface area contributed by atoms with Crippen molar-refractivity contribution in [2.24, 2.45) is 0 Å². The number of anilines is 1. The van der Waals surface area contributed by atoms with Gasteiger partial charge in [-0.3, -0.25) is 9.59 Å². The molecule has 0 unspecified atom stereocenters. The van der Waals surface area contributed by atoms with Gasteiger partial charge in [0.1, 0.15) is 18.2 Å². The molecule has 4 nitrogen and oxygen atoms in total. The highest BCUT2D eigenvalue weighted by atomic mass is 19.1. The molecule has 132 valence electrons. The molecule has 0 fully saturated rings. The van der Waals surface area contributed by atoms with Gasteiger partial charge in [0.15, 0.2) is 0 Å². The van der Waals surface area contributed by atoms with E-state index in [1.165, 1.54) is 12.5 Å². The average Bonchev–Trinajstić information content (AvgIpc) is 2.58. The number of hydrogen-bond donors (Lipinski definition) is 1. The highest BCUT2D eigenvalue weighted by molar-refractivity contribution is 5.97. The fraction of sp³-hybridized carbons (Fsp3) is 0.263. The van der Waals surface area contributed by atoms with E-state index in [0.29, 0.717) is 12.6 Å². The van der Waals surface area contributed by atoms with E-state index in [0.717, 1.165) is 29.9 Å². The van der Waals surface area contributed by atoms with E-state index in [1.807, 2.05) is 30.3 Å². The van der Waals surface area contributed by atoms with Gasteiger partial charge in [-0.2, -0.15) is 0 Å². The number of amides is 2. The number of nitrogens with zero attached hydrogens (tertiary/aromatic N) is 1. The average molecular weight is 346 g/mol. The normalized spacial score (nSPS) is 10.4. The molecule has 0 aliphatic rings. The number of carbonyl (C=O) groups is 2. The molecule has 25 heavy (non-hydrogen) atoms. The minimum Gasteiger partial charge on any atom is -0.355 e. The van der Waals surface area contributed by atoms with Crippen molar-refractivity contribution in [1.29, 1.82) is 0 Å². The van der Waals surface area contributed by atoms with Crippen molar-refractivity contribution in [2.75, 3.05) is 18.0 Å². The summed E-state index contributed by atoms with van der Waals surface area (Å²) in [6.45, 7) is 1.36. The largest absolute Gasteiger partial charge is 0.355 e. The number of carbonyl (C=O) groups excluding carboxylic acids is 2. The predicted molar refractivity (Wildman–Crippen MR) is 92.2 cm³/mol. The first-order valence-corrected chi connectivity index (χ1v) is 8.01. The Hall–Kier alpha value is -2.76.